The first-order chi connectivity index (χ1) is 5.20. The van der Waals surface area contributed by atoms with Crippen LogP contribution in [0.25, 0.3) is 0 Å². The zero-order valence-electron chi connectivity index (χ0n) is 6.63. The van der Waals surface area contributed by atoms with Crippen molar-refractivity contribution in [3.05, 3.63) is 0 Å². The second-order valence-electron chi connectivity index (χ2n) is 2.33. The Bertz CT molecular complexity index is 162. The van der Waals surface area contributed by atoms with Crippen molar-refractivity contribution >= 4 is 6.03 Å². The SMILES string of the molecule is CCCCC(C#N)NC(N)=O. The Hall–Kier alpha value is -1.24. The highest BCUT2D eigenvalue weighted by molar-refractivity contribution is 5.72. The van der Waals surface area contributed by atoms with Crippen molar-refractivity contribution < 1.29 is 4.79 Å². The molecule has 2 amide bonds. The highest BCUT2D eigenvalue weighted by Gasteiger charge is 2.06. The Morgan fingerprint density at radius 3 is 2.82 bits per heavy atom. The van der Waals surface area contributed by atoms with Gasteiger partial charge in [-0.25, -0.2) is 4.79 Å². The van der Waals surface area contributed by atoms with Gasteiger partial charge in [0.05, 0.1) is 6.07 Å². The summed E-state index contributed by atoms with van der Waals surface area (Å²) in [6.45, 7) is 2.03. The average molecular weight is 155 g/mol. The highest BCUT2D eigenvalue weighted by atomic mass is 16.2. The number of rotatable bonds is 4. The van der Waals surface area contributed by atoms with E-state index in [-0.39, 0.29) is 0 Å². The maximum Gasteiger partial charge on any atom is 0.313 e. The maximum atomic E-state index is 10.3. The summed E-state index contributed by atoms with van der Waals surface area (Å²) in [5.41, 5.74) is 4.84. The molecule has 0 saturated heterocycles. The number of nitriles is 1. The van der Waals surface area contributed by atoms with Gasteiger partial charge in [0.25, 0.3) is 0 Å². The zero-order chi connectivity index (χ0) is 8.69. The molecule has 0 aliphatic heterocycles. The zero-order valence-corrected chi connectivity index (χ0v) is 6.63. The lowest BCUT2D eigenvalue weighted by molar-refractivity contribution is 0.246. The van der Waals surface area contributed by atoms with Gasteiger partial charge in [-0.05, 0) is 6.42 Å². The molecule has 0 aromatic heterocycles. The van der Waals surface area contributed by atoms with Crippen molar-refractivity contribution in [3.8, 4) is 6.07 Å². The molecule has 1 unspecified atom stereocenters. The monoisotopic (exact) mass is 155 g/mol. The Morgan fingerprint density at radius 1 is 1.82 bits per heavy atom. The number of carbonyl (C=O) groups excluding carboxylic acids is 1. The fraction of sp³-hybridized carbons (Fsp3) is 0.714. The molecule has 0 fully saturated rings. The number of amides is 2. The van der Waals surface area contributed by atoms with Gasteiger partial charge >= 0.3 is 6.03 Å². The molecule has 0 radical (unpaired) electrons. The normalized spacial score (nSPS) is 11.6. The van der Waals surface area contributed by atoms with Crippen molar-refractivity contribution in [2.45, 2.75) is 32.2 Å². The van der Waals surface area contributed by atoms with Crippen molar-refractivity contribution in [2.75, 3.05) is 0 Å². The minimum absolute atomic E-state index is 0.424. The third kappa shape index (κ3) is 5.22. The molecule has 0 saturated carbocycles. The molecule has 0 heterocycles. The van der Waals surface area contributed by atoms with Crippen LogP contribution in [-0.4, -0.2) is 12.1 Å². The van der Waals surface area contributed by atoms with Gasteiger partial charge in [-0.3, -0.25) is 0 Å². The van der Waals surface area contributed by atoms with Crippen LogP contribution in [0.15, 0.2) is 0 Å². The van der Waals surface area contributed by atoms with Gasteiger partial charge in [0.1, 0.15) is 6.04 Å². The molecule has 0 bridgehead atoms. The summed E-state index contributed by atoms with van der Waals surface area (Å²) >= 11 is 0. The average Bonchev–Trinajstić information content (AvgIpc) is 1.97. The van der Waals surface area contributed by atoms with Crippen molar-refractivity contribution in [1.82, 2.24) is 5.32 Å². The molecular formula is C7H13N3O. The lowest BCUT2D eigenvalue weighted by Gasteiger charge is -2.07. The van der Waals surface area contributed by atoms with E-state index in [1.165, 1.54) is 0 Å². The van der Waals surface area contributed by atoms with E-state index in [1.54, 1.807) is 0 Å². The number of nitrogens with two attached hydrogens (primary N) is 1. The van der Waals surface area contributed by atoms with Crippen molar-refractivity contribution in [1.29, 1.82) is 5.26 Å². The second-order valence-corrected chi connectivity index (χ2v) is 2.33. The van der Waals surface area contributed by atoms with E-state index in [4.69, 9.17) is 11.0 Å². The maximum absolute atomic E-state index is 10.3. The van der Waals surface area contributed by atoms with Gasteiger partial charge < -0.3 is 11.1 Å². The molecule has 0 aromatic rings. The molecule has 0 aliphatic rings. The Kier molecular flexibility index (Phi) is 4.91. The van der Waals surface area contributed by atoms with E-state index in [9.17, 15) is 4.79 Å². The third-order valence-electron chi connectivity index (χ3n) is 1.32. The Morgan fingerprint density at radius 2 is 2.45 bits per heavy atom. The molecular weight excluding hydrogens is 142 g/mol. The number of nitrogens with one attached hydrogen (secondary N) is 1. The van der Waals surface area contributed by atoms with Gasteiger partial charge in [0, 0.05) is 0 Å². The van der Waals surface area contributed by atoms with Crippen LogP contribution in [0, 0.1) is 11.3 Å². The van der Waals surface area contributed by atoms with E-state index in [2.05, 4.69) is 5.32 Å². The van der Waals surface area contributed by atoms with Crippen LogP contribution in [0.5, 0.6) is 0 Å². The van der Waals surface area contributed by atoms with E-state index >= 15 is 0 Å². The smallest absolute Gasteiger partial charge is 0.313 e. The van der Waals surface area contributed by atoms with E-state index < -0.39 is 12.1 Å². The lowest BCUT2D eigenvalue weighted by Crippen LogP contribution is -2.37. The summed E-state index contributed by atoms with van der Waals surface area (Å²) in [4.78, 5) is 10.3. The molecule has 4 nitrogen and oxygen atoms in total. The Labute approximate surface area is 66.4 Å². The molecule has 62 valence electrons. The largest absolute Gasteiger partial charge is 0.352 e. The quantitative estimate of drug-likeness (QED) is 0.627. The van der Waals surface area contributed by atoms with Crippen molar-refractivity contribution in [3.63, 3.8) is 0 Å². The number of primary amides is 1. The van der Waals surface area contributed by atoms with Gasteiger partial charge in [-0.2, -0.15) is 5.26 Å². The number of nitrogens with zero attached hydrogens (tertiary/aromatic N) is 1. The lowest BCUT2D eigenvalue weighted by atomic mass is 10.1. The summed E-state index contributed by atoms with van der Waals surface area (Å²) in [6.07, 6.45) is 2.62. The molecule has 1 atom stereocenters. The summed E-state index contributed by atoms with van der Waals surface area (Å²) in [6, 6.07) is 0.901. The van der Waals surface area contributed by atoms with Gasteiger partial charge in [0.15, 0.2) is 0 Å². The molecule has 0 aromatic carbocycles. The third-order valence-corrected chi connectivity index (χ3v) is 1.32. The van der Waals surface area contributed by atoms with Crippen molar-refractivity contribution in [2.24, 2.45) is 5.73 Å². The standard InChI is InChI=1S/C7H13N3O/c1-2-3-4-6(5-8)10-7(9)11/h6H,2-4H2,1H3,(H3,9,10,11). The Balaban J connectivity index is 3.60. The van der Waals surface area contributed by atoms with Crippen LogP contribution in [0.3, 0.4) is 0 Å². The number of hydrogen-bond donors (Lipinski definition) is 2. The molecule has 4 heteroatoms. The van der Waals surface area contributed by atoms with Gasteiger partial charge in [0.2, 0.25) is 0 Å². The molecule has 0 spiro atoms. The number of carbonyl (C=O) groups is 1. The van der Waals surface area contributed by atoms with Crippen LogP contribution in [0.2, 0.25) is 0 Å². The molecule has 0 rings (SSSR count). The molecule has 0 aliphatic carbocycles. The number of hydrogen-bond acceptors (Lipinski definition) is 2. The summed E-state index contributed by atoms with van der Waals surface area (Å²) in [5, 5.41) is 10.8. The highest BCUT2D eigenvalue weighted by Crippen LogP contribution is 1.98. The minimum atomic E-state index is -0.632. The molecule has 3 N–H and O–H groups in total. The minimum Gasteiger partial charge on any atom is -0.352 e. The second kappa shape index (κ2) is 5.54. The topological polar surface area (TPSA) is 78.9 Å². The summed E-state index contributed by atoms with van der Waals surface area (Å²) in [5.74, 6) is 0. The fourth-order valence-electron chi connectivity index (χ4n) is 0.749. The van der Waals surface area contributed by atoms with E-state index in [0.29, 0.717) is 6.42 Å². The number of unbranched alkanes of at least 4 members (excludes halogenated alkanes) is 1. The summed E-state index contributed by atoms with van der Waals surface area (Å²) in [7, 11) is 0. The first kappa shape index (κ1) is 9.76. The summed E-state index contributed by atoms with van der Waals surface area (Å²) < 4.78 is 0. The molecule has 11 heavy (non-hydrogen) atoms. The van der Waals surface area contributed by atoms with Crippen LogP contribution in [0.1, 0.15) is 26.2 Å². The van der Waals surface area contributed by atoms with Crippen LogP contribution in [-0.2, 0) is 0 Å². The van der Waals surface area contributed by atoms with Crippen LogP contribution in [0.4, 0.5) is 4.79 Å². The predicted octanol–water partition coefficient (Wildman–Crippen LogP) is 0.737. The van der Waals surface area contributed by atoms with E-state index in [1.807, 2.05) is 13.0 Å². The first-order valence-electron chi connectivity index (χ1n) is 3.66. The van der Waals surface area contributed by atoms with Gasteiger partial charge in [-0.1, -0.05) is 19.8 Å². The van der Waals surface area contributed by atoms with E-state index in [0.717, 1.165) is 12.8 Å². The fourth-order valence-corrected chi connectivity index (χ4v) is 0.749. The van der Waals surface area contributed by atoms with Crippen LogP contribution < -0.4 is 11.1 Å². The first-order valence-corrected chi connectivity index (χ1v) is 3.66. The predicted molar refractivity (Wildman–Crippen MR) is 41.6 cm³/mol. The van der Waals surface area contributed by atoms with Gasteiger partial charge in [-0.15, -0.1) is 0 Å². The number of urea groups is 1. The van der Waals surface area contributed by atoms with Crippen LogP contribution >= 0.6 is 0 Å².